The molecule has 7 heteroatoms. The number of benzene rings is 2. The lowest BCUT2D eigenvalue weighted by Gasteiger charge is -2.09. The van der Waals surface area contributed by atoms with Gasteiger partial charge >= 0.3 is 5.97 Å². The Morgan fingerprint density at radius 2 is 1.57 bits per heavy atom. The molecule has 108 valence electrons. The number of phenolic OH excluding ortho intramolecular Hbond substituents is 2. The summed E-state index contributed by atoms with van der Waals surface area (Å²) < 4.78 is 0. The molecule has 1 amide bonds. The number of hydrogen-bond acceptors (Lipinski definition) is 4. The molecule has 0 fully saturated rings. The predicted octanol–water partition coefficient (Wildman–Crippen LogP) is 2.70. The van der Waals surface area contributed by atoms with Crippen LogP contribution >= 0.6 is 11.6 Å². The lowest BCUT2D eigenvalue weighted by Crippen LogP contribution is -2.12. The Labute approximate surface area is 124 Å². The van der Waals surface area contributed by atoms with Gasteiger partial charge in [-0.2, -0.15) is 0 Å². The fourth-order valence-corrected chi connectivity index (χ4v) is 1.79. The summed E-state index contributed by atoms with van der Waals surface area (Å²) in [5, 5.41) is 30.2. The van der Waals surface area contributed by atoms with E-state index in [0.717, 1.165) is 6.07 Å². The number of carbonyl (C=O) groups is 2. The average molecular weight is 308 g/mol. The normalized spacial score (nSPS) is 10.1. The van der Waals surface area contributed by atoms with Crippen molar-refractivity contribution in [3.05, 3.63) is 52.5 Å². The molecule has 0 saturated heterocycles. The minimum Gasteiger partial charge on any atom is -0.506 e. The number of aromatic hydroxyl groups is 2. The highest BCUT2D eigenvalue weighted by molar-refractivity contribution is 6.32. The number of aromatic carboxylic acids is 1. The van der Waals surface area contributed by atoms with Gasteiger partial charge in [0, 0.05) is 5.56 Å². The topological polar surface area (TPSA) is 107 Å². The number of anilines is 1. The zero-order valence-electron chi connectivity index (χ0n) is 10.5. The molecule has 0 heterocycles. The van der Waals surface area contributed by atoms with Crippen LogP contribution in [0.1, 0.15) is 20.7 Å². The second-order valence-corrected chi connectivity index (χ2v) is 4.56. The standard InChI is InChI=1S/C14H10ClNO5/c15-9-5-7(1-3-11(9)17)13(19)16-10-6-8(14(20)21)2-4-12(10)18/h1-6,17-18H,(H,16,19)(H,20,21). The van der Waals surface area contributed by atoms with Crippen LogP contribution in [0.4, 0.5) is 5.69 Å². The van der Waals surface area contributed by atoms with Crippen molar-refractivity contribution < 1.29 is 24.9 Å². The molecule has 2 rings (SSSR count). The molecule has 0 unspecified atom stereocenters. The maximum absolute atomic E-state index is 12.0. The van der Waals surface area contributed by atoms with Gasteiger partial charge in [-0.1, -0.05) is 11.6 Å². The summed E-state index contributed by atoms with van der Waals surface area (Å²) in [4.78, 5) is 22.9. The molecule has 0 spiro atoms. The molecule has 0 saturated carbocycles. The van der Waals surface area contributed by atoms with Crippen molar-refractivity contribution in [3.63, 3.8) is 0 Å². The predicted molar refractivity (Wildman–Crippen MR) is 76.1 cm³/mol. The van der Waals surface area contributed by atoms with Gasteiger partial charge in [0.2, 0.25) is 0 Å². The highest BCUT2D eigenvalue weighted by Crippen LogP contribution is 2.27. The van der Waals surface area contributed by atoms with Crippen molar-refractivity contribution in [3.8, 4) is 11.5 Å². The summed E-state index contributed by atoms with van der Waals surface area (Å²) in [7, 11) is 0. The van der Waals surface area contributed by atoms with Gasteiger partial charge in [0.1, 0.15) is 11.5 Å². The lowest BCUT2D eigenvalue weighted by atomic mass is 10.1. The summed E-state index contributed by atoms with van der Waals surface area (Å²) in [6, 6.07) is 7.37. The molecule has 2 aromatic rings. The molecular weight excluding hydrogens is 298 g/mol. The van der Waals surface area contributed by atoms with E-state index in [4.69, 9.17) is 16.7 Å². The van der Waals surface area contributed by atoms with E-state index in [1.807, 2.05) is 0 Å². The van der Waals surface area contributed by atoms with Crippen LogP contribution in [0.25, 0.3) is 0 Å². The fourth-order valence-electron chi connectivity index (χ4n) is 1.61. The molecule has 0 aliphatic heterocycles. The van der Waals surface area contributed by atoms with Gasteiger partial charge in [-0.25, -0.2) is 4.79 Å². The molecular formula is C14H10ClNO5. The Kier molecular flexibility index (Phi) is 4.00. The van der Waals surface area contributed by atoms with Crippen molar-refractivity contribution in [2.75, 3.05) is 5.32 Å². The van der Waals surface area contributed by atoms with Crippen molar-refractivity contribution in [1.29, 1.82) is 0 Å². The van der Waals surface area contributed by atoms with E-state index in [0.29, 0.717) is 0 Å². The van der Waals surface area contributed by atoms with Gasteiger partial charge in [0.25, 0.3) is 5.91 Å². The number of halogens is 1. The first-order valence-corrected chi connectivity index (χ1v) is 6.12. The molecule has 0 radical (unpaired) electrons. The number of carboxylic acids is 1. The van der Waals surface area contributed by atoms with Crippen LogP contribution in [-0.2, 0) is 0 Å². The third kappa shape index (κ3) is 3.24. The zero-order chi connectivity index (χ0) is 15.6. The van der Waals surface area contributed by atoms with Crippen molar-refractivity contribution in [2.45, 2.75) is 0 Å². The first kappa shape index (κ1) is 14.7. The second kappa shape index (κ2) is 5.72. The second-order valence-electron chi connectivity index (χ2n) is 4.16. The molecule has 2 aromatic carbocycles. The molecule has 4 N–H and O–H groups in total. The van der Waals surface area contributed by atoms with Crippen LogP contribution in [0, 0.1) is 0 Å². The highest BCUT2D eigenvalue weighted by atomic mass is 35.5. The Morgan fingerprint density at radius 3 is 2.19 bits per heavy atom. The third-order valence-electron chi connectivity index (χ3n) is 2.70. The van der Waals surface area contributed by atoms with Crippen LogP contribution in [0.5, 0.6) is 11.5 Å². The highest BCUT2D eigenvalue weighted by Gasteiger charge is 2.13. The zero-order valence-corrected chi connectivity index (χ0v) is 11.3. The molecule has 0 aromatic heterocycles. The minimum absolute atomic E-state index is 0.00570. The number of amides is 1. The maximum Gasteiger partial charge on any atom is 0.335 e. The molecule has 21 heavy (non-hydrogen) atoms. The average Bonchev–Trinajstić information content (AvgIpc) is 2.43. The van der Waals surface area contributed by atoms with Gasteiger partial charge in [-0.15, -0.1) is 0 Å². The van der Waals surface area contributed by atoms with E-state index in [1.54, 1.807) is 0 Å². The Morgan fingerprint density at radius 1 is 0.952 bits per heavy atom. The molecule has 0 atom stereocenters. The Bertz CT molecular complexity index is 729. The third-order valence-corrected chi connectivity index (χ3v) is 3.00. The summed E-state index contributed by atoms with van der Waals surface area (Å²) in [6.07, 6.45) is 0. The Balaban J connectivity index is 2.28. The van der Waals surface area contributed by atoms with Gasteiger partial charge in [0.15, 0.2) is 0 Å². The maximum atomic E-state index is 12.0. The van der Waals surface area contributed by atoms with Crippen LogP contribution in [0.15, 0.2) is 36.4 Å². The van der Waals surface area contributed by atoms with Gasteiger partial charge in [0.05, 0.1) is 16.3 Å². The van der Waals surface area contributed by atoms with Crippen molar-refractivity contribution in [2.24, 2.45) is 0 Å². The summed E-state index contributed by atoms with van der Waals surface area (Å²) >= 11 is 5.70. The van der Waals surface area contributed by atoms with Crippen molar-refractivity contribution in [1.82, 2.24) is 0 Å². The smallest absolute Gasteiger partial charge is 0.335 e. The van der Waals surface area contributed by atoms with Crippen LogP contribution in [0.3, 0.4) is 0 Å². The van der Waals surface area contributed by atoms with Gasteiger partial charge in [-0.05, 0) is 36.4 Å². The van der Waals surface area contributed by atoms with E-state index in [9.17, 15) is 19.8 Å². The van der Waals surface area contributed by atoms with E-state index >= 15 is 0 Å². The summed E-state index contributed by atoms with van der Waals surface area (Å²) in [6.45, 7) is 0. The minimum atomic E-state index is -1.18. The summed E-state index contributed by atoms with van der Waals surface area (Å²) in [5.41, 5.74) is 0.0360. The number of hydrogen-bond donors (Lipinski definition) is 4. The van der Waals surface area contributed by atoms with E-state index in [-0.39, 0.29) is 33.3 Å². The van der Waals surface area contributed by atoms with E-state index < -0.39 is 11.9 Å². The number of nitrogens with one attached hydrogen (secondary N) is 1. The lowest BCUT2D eigenvalue weighted by molar-refractivity contribution is 0.0696. The fraction of sp³-hybridized carbons (Fsp3) is 0. The van der Waals surface area contributed by atoms with E-state index in [1.165, 1.54) is 30.3 Å². The van der Waals surface area contributed by atoms with Crippen LogP contribution in [-0.4, -0.2) is 27.2 Å². The molecule has 0 aliphatic carbocycles. The molecule has 0 bridgehead atoms. The van der Waals surface area contributed by atoms with E-state index in [2.05, 4.69) is 5.32 Å². The largest absolute Gasteiger partial charge is 0.506 e. The monoisotopic (exact) mass is 307 g/mol. The van der Waals surface area contributed by atoms with Gasteiger partial charge in [-0.3, -0.25) is 4.79 Å². The van der Waals surface area contributed by atoms with Crippen molar-refractivity contribution >= 4 is 29.2 Å². The number of rotatable bonds is 3. The summed E-state index contributed by atoms with van der Waals surface area (Å²) in [5.74, 6) is -2.21. The van der Waals surface area contributed by atoms with Crippen LogP contribution in [0.2, 0.25) is 5.02 Å². The Hall–Kier alpha value is -2.73. The molecule has 0 aliphatic rings. The molecule has 6 nitrogen and oxygen atoms in total. The number of carboxylic acid groups (broad SMARTS) is 1. The first-order valence-electron chi connectivity index (χ1n) is 5.74. The SMILES string of the molecule is O=C(O)c1ccc(O)c(NC(=O)c2ccc(O)c(Cl)c2)c1. The van der Waals surface area contributed by atoms with Gasteiger partial charge < -0.3 is 20.6 Å². The number of phenols is 2. The first-order chi connectivity index (χ1) is 9.88. The quantitative estimate of drug-likeness (QED) is 0.652. The van der Waals surface area contributed by atoms with Crippen LogP contribution < -0.4 is 5.32 Å². The number of carbonyl (C=O) groups excluding carboxylic acids is 1.